The monoisotopic (exact) mass is 350 g/mol. The molecule has 1 amide bonds. The van der Waals surface area contributed by atoms with Crippen LogP contribution >= 0.6 is 50.5 Å². The van der Waals surface area contributed by atoms with E-state index in [1.807, 2.05) is 0 Å². The lowest BCUT2D eigenvalue weighted by atomic mass is 10.4. The average Bonchev–Trinajstić information content (AvgIpc) is 2.70. The first-order valence-electron chi connectivity index (χ1n) is 4.44. The van der Waals surface area contributed by atoms with E-state index in [0.717, 1.165) is 0 Å². The van der Waals surface area contributed by atoms with Gasteiger partial charge < -0.3 is 5.32 Å². The molecule has 0 atom stereocenters. The van der Waals surface area contributed by atoms with Crippen LogP contribution in [0.2, 0.25) is 9.49 Å². The minimum absolute atomic E-state index is 0.224. The predicted molar refractivity (Wildman–Crippen MR) is 74.2 cm³/mol. The summed E-state index contributed by atoms with van der Waals surface area (Å²) >= 11 is 16.0. The smallest absolute Gasteiger partial charge is 0.265 e. The van der Waals surface area contributed by atoms with Crippen LogP contribution in [0, 0.1) is 0 Å². The van der Waals surface area contributed by atoms with Gasteiger partial charge in [0.2, 0.25) is 0 Å². The maximum atomic E-state index is 11.8. The highest BCUT2D eigenvalue weighted by Crippen LogP contribution is 2.25. The summed E-state index contributed by atoms with van der Waals surface area (Å²) in [5.74, 6) is -0.224. The fourth-order valence-electron chi connectivity index (χ4n) is 1.12. The van der Waals surface area contributed by atoms with Gasteiger partial charge in [0.05, 0.1) is 25.6 Å². The third kappa shape index (κ3) is 3.19. The summed E-state index contributed by atoms with van der Waals surface area (Å²) in [7, 11) is 0. The number of hydrogen-bond donors (Lipinski definition) is 1. The van der Waals surface area contributed by atoms with Crippen LogP contribution in [-0.2, 0) is 0 Å². The van der Waals surface area contributed by atoms with E-state index in [-0.39, 0.29) is 5.91 Å². The maximum absolute atomic E-state index is 11.8. The van der Waals surface area contributed by atoms with Crippen molar-refractivity contribution in [2.24, 2.45) is 0 Å². The van der Waals surface area contributed by atoms with Crippen molar-refractivity contribution in [1.29, 1.82) is 0 Å². The highest BCUT2D eigenvalue weighted by Gasteiger charge is 2.10. The van der Waals surface area contributed by atoms with E-state index in [1.165, 1.54) is 17.5 Å². The Balaban J connectivity index is 2.15. The first kappa shape index (κ1) is 12.8. The zero-order valence-electron chi connectivity index (χ0n) is 8.21. The van der Waals surface area contributed by atoms with Crippen molar-refractivity contribution in [3.8, 4) is 0 Å². The summed E-state index contributed by atoms with van der Waals surface area (Å²) in [6, 6.07) is 5.03. The van der Waals surface area contributed by atoms with Crippen molar-refractivity contribution >= 4 is 62.1 Å². The van der Waals surface area contributed by atoms with Gasteiger partial charge in [-0.2, -0.15) is 0 Å². The molecule has 0 bridgehead atoms. The number of pyridine rings is 1. The van der Waals surface area contributed by atoms with Gasteiger partial charge in [0.25, 0.3) is 5.91 Å². The van der Waals surface area contributed by atoms with E-state index >= 15 is 0 Å². The van der Waals surface area contributed by atoms with Gasteiger partial charge in [-0.1, -0.05) is 23.2 Å². The summed E-state index contributed by atoms with van der Waals surface area (Å²) in [6.07, 6.45) is 1.49. The van der Waals surface area contributed by atoms with Crippen LogP contribution in [0.3, 0.4) is 0 Å². The third-order valence-corrected chi connectivity index (χ3v) is 4.22. The molecule has 0 aliphatic rings. The van der Waals surface area contributed by atoms with E-state index in [0.29, 0.717) is 24.5 Å². The second-order valence-electron chi connectivity index (χ2n) is 3.05. The number of aromatic nitrogens is 1. The van der Waals surface area contributed by atoms with Gasteiger partial charge in [-0.25, -0.2) is 4.98 Å². The molecule has 2 rings (SSSR count). The van der Waals surface area contributed by atoms with Crippen molar-refractivity contribution < 1.29 is 4.79 Å². The normalized spacial score (nSPS) is 10.3. The first-order valence-corrected chi connectivity index (χ1v) is 6.80. The number of hydrogen-bond acceptors (Lipinski definition) is 3. The first-order chi connectivity index (χ1) is 8.06. The van der Waals surface area contributed by atoms with Crippen molar-refractivity contribution in [2.45, 2.75) is 0 Å². The third-order valence-electron chi connectivity index (χ3n) is 1.85. The van der Waals surface area contributed by atoms with Crippen LogP contribution in [0.1, 0.15) is 9.67 Å². The number of rotatable bonds is 2. The second kappa shape index (κ2) is 5.35. The molecule has 88 valence electrons. The molecule has 7 heteroatoms. The van der Waals surface area contributed by atoms with Crippen molar-refractivity contribution in [2.75, 3.05) is 5.32 Å². The fourth-order valence-corrected chi connectivity index (χ4v) is 2.51. The number of halogens is 3. The Bertz CT molecular complexity index is 573. The van der Waals surface area contributed by atoms with Crippen LogP contribution in [0.5, 0.6) is 0 Å². The lowest BCUT2D eigenvalue weighted by Crippen LogP contribution is -2.10. The Morgan fingerprint density at radius 3 is 2.76 bits per heavy atom. The van der Waals surface area contributed by atoms with Crippen LogP contribution in [0.4, 0.5) is 5.69 Å². The van der Waals surface area contributed by atoms with Crippen molar-refractivity contribution in [1.82, 2.24) is 4.98 Å². The Morgan fingerprint density at radius 1 is 1.41 bits per heavy atom. The molecule has 0 saturated heterocycles. The topological polar surface area (TPSA) is 42.0 Å². The molecule has 17 heavy (non-hydrogen) atoms. The van der Waals surface area contributed by atoms with E-state index in [2.05, 4.69) is 26.2 Å². The minimum atomic E-state index is -0.224. The van der Waals surface area contributed by atoms with Gasteiger partial charge in [0.1, 0.15) is 5.15 Å². The molecule has 3 nitrogen and oxygen atoms in total. The molecule has 0 fully saturated rings. The van der Waals surface area contributed by atoms with Crippen LogP contribution < -0.4 is 5.32 Å². The Kier molecular flexibility index (Phi) is 4.04. The molecule has 0 aromatic carbocycles. The Hall–Kier alpha value is -0.620. The van der Waals surface area contributed by atoms with E-state index < -0.39 is 0 Å². The minimum Gasteiger partial charge on any atom is -0.320 e. The van der Waals surface area contributed by atoms with Gasteiger partial charge in [0, 0.05) is 0 Å². The quantitative estimate of drug-likeness (QED) is 0.811. The molecule has 0 aliphatic heterocycles. The number of thiophene rings is 1. The maximum Gasteiger partial charge on any atom is 0.265 e. The fraction of sp³-hybridized carbons (Fsp3) is 0. The molecule has 0 aliphatic carbocycles. The van der Waals surface area contributed by atoms with Crippen molar-refractivity contribution in [3.63, 3.8) is 0 Å². The van der Waals surface area contributed by atoms with Crippen LogP contribution in [0.15, 0.2) is 28.9 Å². The number of anilines is 1. The average molecular weight is 352 g/mol. The number of carbonyl (C=O) groups is 1. The lowest BCUT2D eigenvalue weighted by molar-refractivity contribution is 0.103. The Labute approximate surface area is 120 Å². The summed E-state index contributed by atoms with van der Waals surface area (Å²) in [5.41, 5.74) is 0.566. The van der Waals surface area contributed by atoms with Crippen molar-refractivity contribution in [3.05, 3.63) is 43.2 Å². The largest absolute Gasteiger partial charge is 0.320 e. The van der Waals surface area contributed by atoms with E-state index in [9.17, 15) is 4.79 Å². The molecule has 2 aromatic rings. The van der Waals surface area contributed by atoms with Gasteiger partial charge in [-0.05, 0) is 34.1 Å². The van der Waals surface area contributed by atoms with Gasteiger partial charge >= 0.3 is 0 Å². The predicted octanol–water partition coefficient (Wildman–Crippen LogP) is 4.46. The highest BCUT2D eigenvalue weighted by atomic mass is 79.9. The number of nitrogens with one attached hydrogen (secondary N) is 1. The highest BCUT2D eigenvalue weighted by molar-refractivity contribution is 9.10. The lowest BCUT2D eigenvalue weighted by Gasteiger charge is -2.04. The summed E-state index contributed by atoms with van der Waals surface area (Å²) in [5, 5.41) is 3.05. The molecule has 0 radical (unpaired) electrons. The molecule has 2 aromatic heterocycles. The molecule has 2 heterocycles. The Morgan fingerprint density at radius 2 is 2.18 bits per heavy atom. The number of nitrogens with zero attached hydrogens (tertiary/aromatic N) is 1. The molecule has 1 N–H and O–H groups in total. The molecule has 0 spiro atoms. The summed E-state index contributed by atoms with van der Waals surface area (Å²) in [6.45, 7) is 0. The van der Waals surface area contributed by atoms with E-state index in [1.54, 1.807) is 18.2 Å². The molecule has 0 unspecified atom stereocenters. The SMILES string of the molecule is O=C(Nc1cnc(Cl)c(Br)c1)c1ccc(Cl)s1. The van der Waals surface area contributed by atoms with Crippen LogP contribution in [-0.4, -0.2) is 10.9 Å². The van der Waals surface area contributed by atoms with Gasteiger partial charge in [0.15, 0.2) is 0 Å². The zero-order chi connectivity index (χ0) is 12.4. The molecular weight excluding hydrogens is 347 g/mol. The summed E-state index contributed by atoms with van der Waals surface area (Å²) < 4.78 is 1.20. The summed E-state index contributed by atoms with van der Waals surface area (Å²) in [4.78, 5) is 16.2. The van der Waals surface area contributed by atoms with E-state index in [4.69, 9.17) is 23.2 Å². The molecule has 0 saturated carbocycles. The zero-order valence-corrected chi connectivity index (χ0v) is 12.1. The number of carbonyl (C=O) groups excluding carboxylic acids is 1. The second-order valence-corrected chi connectivity index (χ2v) is 5.98. The van der Waals surface area contributed by atoms with Gasteiger partial charge in [-0.15, -0.1) is 11.3 Å². The molecular formula is C10H5BrCl2N2OS. The van der Waals surface area contributed by atoms with Gasteiger partial charge in [-0.3, -0.25) is 4.79 Å². The standard InChI is InChI=1S/C10H5BrCl2N2OS/c11-6-3-5(4-14-9(6)13)15-10(16)7-1-2-8(12)17-7/h1-4H,(H,15,16). The van der Waals surface area contributed by atoms with Crippen LogP contribution in [0.25, 0.3) is 0 Å². The number of amides is 1.